The zero-order chi connectivity index (χ0) is 27.0. The highest BCUT2D eigenvalue weighted by atomic mass is 32.2. The Balaban J connectivity index is 1.49. The van der Waals surface area contributed by atoms with Gasteiger partial charge in [0.25, 0.3) is 0 Å². The molecule has 0 saturated carbocycles. The van der Waals surface area contributed by atoms with E-state index in [2.05, 4.69) is 26.5 Å². The Bertz CT molecular complexity index is 1800. The molecule has 11 heteroatoms. The first-order valence-corrected chi connectivity index (χ1v) is 13.1. The molecule has 0 unspecified atom stereocenters. The highest BCUT2D eigenvalue weighted by Crippen LogP contribution is 2.36. The molecule has 190 valence electrons. The maximum absolute atomic E-state index is 11.6. The molecule has 10 nitrogen and oxygen atoms in total. The number of primary sulfonamides is 1. The Morgan fingerprint density at radius 1 is 0.974 bits per heavy atom. The Morgan fingerprint density at radius 3 is 2.24 bits per heavy atom. The van der Waals surface area contributed by atoms with E-state index in [4.69, 9.17) is 15.1 Å². The Hall–Kier alpha value is -4.79. The van der Waals surface area contributed by atoms with Crippen LogP contribution in [0.25, 0.3) is 22.2 Å². The summed E-state index contributed by atoms with van der Waals surface area (Å²) in [5.41, 5.74) is 5.36. The molecule has 2 aromatic heterocycles. The summed E-state index contributed by atoms with van der Waals surface area (Å²) in [7, 11) is -1.97. The number of hydrogen-bond donors (Lipinski definition) is 2. The lowest BCUT2D eigenvalue weighted by Gasteiger charge is -2.15. The molecule has 3 aromatic carbocycles. The molecule has 0 aliphatic carbocycles. The van der Waals surface area contributed by atoms with Gasteiger partial charge in [-0.3, -0.25) is 4.68 Å². The standard InChI is InChI=1S/C27H23N7O3S/c1-16-12-20(19-6-10-22(11-7-19)38(29,35)36)13-17(2)24(16)37-26-23-15-30-34(3)25(23)32-27(33-26)31-21-8-4-18(14-28)5-9-21/h4-13,15H,1-3H3,(H2,29,35,36)(H,31,32,33). The third-order valence-electron chi connectivity index (χ3n) is 6.00. The van der Waals surface area contributed by atoms with E-state index in [0.29, 0.717) is 34.2 Å². The maximum Gasteiger partial charge on any atom is 0.238 e. The number of sulfonamides is 1. The SMILES string of the molecule is Cc1cc(-c2ccc(S(N)(=O)=O)cc2)cc(C)c1Oc1nc(Nc2ccc(C#N)cc2)nc2c1cnn2C. The van der Waals surface area contributed by atoms with Gasteiger partial charge >= 0.3 is 0 Å². The summed E-state index contributed by atoms with van der Waals surface area (Å²) in [5, 5.41) is 22.4. The summed E-state index contributed by atoms with van der Waals surface area (Å²) in [5.74, 6) is 1.31. The second-order valence-corrected chi connectivity index (χ2v) is 10.3. The molecule has 0 bridgehead atoms. The molecule has 0 atom stereocenters. The minimum atomic E-state index is -3.76. The van der Waals surface area contributed by atoms with Gasteiger partial charge < -0.3 is 10.1 Å². The number of aromatic nitrogens is 4. The van der Waals surface area contributed by atoms with Crippen LogP contribution in [0.3, 0.4) is 0 Å². The summed E-state index contributed by atoms with van der Waals surface area (Å²) >= 11 is 0. The smallest absolute Gasteiger partial charge is 0.238 e. The molecular weight excluding hydrogens is 502 g/mol. The minimum Gasteiger partial charge on any atom is -0.437 e. The van der Waals surface area contributed by atoms with Crippen LogP contribution in [-0.4, -0.2) is 28.2 Å². The summed E-state index contributed by atoms with van der Waals surface area (Å²) in [6.45, 7) is 3.87. The van der Waals surface area contributed by atoms with E-state index in [1.807, 2.05) is 26.0 Å². The molecule has 5 aromatic rings. The molecular formula is C27H23N7O3S. The minimum absolute atomic E-state index is 0.0596. The van der Waals surface area contributed by atoms with Crippen LogP contribution in [0.5, 0.6) is 11.6 Å². The van der Waals surface area contributed by atoms with Crippen molar-refractivity contribution in [3.05, 3.63) is 83.6 Å². The van der Waals surface area contributed by atoms with Gasteiger partial charge in [0.2, 0.25) is 21.9 Å². The molecule has 5 rings (SSSR count). The van der Waals surface area contributed by atoms with Gasteiger partial charge in [-0.05, 0) is 84.6 Å². The molecule has 2 heterocycles. The number of ether oxygens (including phenoxy) is 1. The van der Waals surface area contributed by atoms with Crippen LogP contribution in [-0.2, 0) is 17.1 Å². The Kier molecular flexibility index (Phi) is 6.28. The van der Waals surface area contributed by atoms with Crippen molar-refractivity contribution in [2.24, 2.45) is 12.2 Å². The van der Waals surface area contributed by atoms with Crippen molar-refractivity contribution in [2.45, 2.75) is 18.7 Å². The topological polar surface area (TPSA) is 149 Å². The third kappa shape index (κ3) is 4.90. The first-order chi connectivity index (χ1) is 18.1. The monoisotopic (exact) mass is 525 g/mol. The van der Waals surface area contributed by atoms with Crippen molar-refractivity contribution in [2.75, 3.05) is 5.32 Å². The lowest BCUT2D eigenvalue weighted by atomic mass is 10.00. The number of nitrogens with one attached hydrogen (secondary N) is 1. The van der Waals surface area contributed by atoms with Gasteiger partial charge in [-0.2, -0.15) is 20.3 Å². The van der Waals surface area contributed by atoms with E-state index in [1.165, 1.54) is 12.1 Å². The summed E-state index contributed by atoms with van der Waals surface area (Å²) in [4.78, 5) is 9.25. The molecule has 0 radical (unpaired) electrons. The largest absolute Gasteiger partial charge is 0.437 e. The fourth-order valence-electron chi connectivity index (χ4n) is 4.10. The van der Waals surface area contributed by atoms with Crippen molar-refractivity contribution in [3.8, 4) is 28.8 Å². The van der Waals surface area contributed by atoms with Crippen molar-refractivity contribution >= 4 is 32.7 Å². The van der Waals surface area contributed by atoms with Crippen molar-refractivity contribution in [1.29, 1.82) is 5.26 Å². The number of hydrogen-bond acceptors (Lipinski definition) is 8. The van der Waals surface area contributed by atoms with Crippen LogP contribution < -0.4 is 15.2 Å². The predicted octanol–water partition coefficient (Wildman–Crippen LogP) is 4.70. The Morgan fingerprint density at radius 2 is 1.63 bits per heavy atom. The molecule has 0 fully saturated rings. The fraction of sp³-hybridized carbons (Fsp3) is 0.111. The fourth-order valence-corrected chi connectivity index (χ4v) is 4.61. The van der Waals surface area contributed by atoms with Crippen molar-refractivity contribution < 1.29 is 13.2 Å². The highest BCUT2D eigenvalue weighted by molar-refractivity contribution is 7.89. The number of nitrogens with zero attached hydrogens (tertiary/aromatic N) is 5. The molecule has 0 saturated heterocycles. The average molecular weight is 526 g/mol. The van der Waals surface area contributed by atoms with E-state index in [9.17, 15) is 8.42 Å². The maximum atomic E-state index is 11.6. The first kappa shape index (κ1) is 24.9. The van der Waals surface area contributed by atoms with Gasteiger partial charge in [-0.1, -0.05) is 12.1 Å². The Labute approximate surface area is 219 Å². The van der Waals surface area contributed by atoms with Crippen LogP contribution in [0.4, 0.5) is 11.6 Å². The summed E-state index contributed by atoms with van der Waals surface area (Å²) < 4.78 is 31.2. The zero-order valence-electron chi connectivity index (χ0n) is 20.8. The number of nitrogens with two attached hydrogens (primary N) is 1. The number of benzene rings is 3. The van der Waals surface area contributed by atoms with Crippen LogP contribution in [0.15, 0.2) is 71.8 Å². The van der Waals surface area contributed by atoms with Gasteiger partial charge in [-0.25, -0.2) is 13.6 Å². The van der Waals surface area contributed by atoms with E-state index >= 15 is 0 Å². The van der Waals surface area contributed by atoms with E-state index < -0.39 is 10.0 Å². The molecule has 0 amide bonds. The number of rotatable bonds is 6. The summed E-state index contributed by atoms with van der Waals surface area (Å²) in [6.07, 6.45) is 1.66. The van der Waals surface area contributed by atoms with Gasteiger partial charge in [0, 0.05) is 12.7 Å². The summed E-state index contributed by atoms with van der Waals surface area (Å²) in [6, 6.07) is 19.4. The van der Waals surface area contributed by atoms with Crippen LogP contribution in [0.1, 0.15) is 16.7 Å². The molecule has 3 N–H and O–H groups in total. The third-order valence-corrected chi connectivity index (χ3v) is 6.93. The lowest BCUT2D eigenvalue weighted by molar-refractivity contribution is 0.462. The molecule has 0 aliphatic rings. The number of anilines is 2. The average Bonchev–Trinajstić information content (AvgIpc) is 3.26. The van der Waals surface area contributed by atoms with Crippen molar-refractivity contribution in [3.63, 3.8) is 0 Å². The van der Waals surface area contributed by atoms with Crippen LogP contribution in [0, 0.1) is 25.2 Å². The zero-order valence-corrected chi connectivity index (χ0v) is 21.6. The highest BCUT2D eigenvalue weighted by Gasteiger charge is 2.17. The molecule has 0 spiro atoms. The quantitative estimate of drug-likeness (QED) is 0.324. The second-order valence-electron chi connectivity index (χ2n) is 8.78. The normalized spacial score (nSPS) is 11.3. The van der Waals surface area contributed by atoms with Gasteiger partial charge in [0.15, 0.2) is 5.65 Å². The van der Waals surface area contributed by atoms with Gasteiger partial charge in [-0.15, -0.1) is 0 Å². The van der Waals surface area contributed by atoms with E-state index in [-0.39, 0.29) is 4.90 Å². The molecule has 0 aliphatic heterocycles. The van der Waals surface area contributed by atoms with E-state index in [0.717, 1.165) is 27.9 Å². The van der Waals surface area contributed by atoms with Crippen LogP contribution >= 0.6 is 0 Å². The van der Waals surface area contributed by atoms with Gasteiger partial charge in [0.1, 0.15) is 11.1 Å². The number of nitriles is 1. The van der Waals surface area contributed by atoms with E-state index in [1.54, 1.807) is 54.3 Å². The van der Waals surface area contributed by atoms with Crippen molar-refractivity contribution in [1.82, 2.24) is 19.7 Å². The lowest BCUT2D eigenvalue weighted by Crippen LogP contribution is -2.11. The number of fused-ring (bicyclic) bond motifs is 1. The second kappa shape index (κ2) is 9.59. The number of aryl methyl sites for hydroxylation is 3. The predicted molar refractivity (Wildman–Crippen MR) is 144 cm³/mol. The van der Waals surface area contributed by atoms with Gasteiger partial charge in [0.05, 0.1) is 22.7 Å². The van der Waals surface area contributed by atoms with Crippen LogP contribution in [0.2, 0.25) is 0 Å². The molecule has 38 heavy (non-hydrogen) atoms. The first-order valence-electron chi connectivity index (χ1n) is 11.5.